The molecule has 6 aromatic carbocycles. The Morgan fingerprint density at radius 2 is 1.12 bits per heavy atom. The van der Waals surface area contributed by atoms with Gasteiger partial charge in [-0.3, -0.25) is 14.8 Å². The number of aliphatic hydroxyl groups is 2. The summed E-state index contributed by atoms with van der Waals surface area (Å²) < 4.78 is 24.9. The Morgan fingerprint density at radius 1 is 0.623 bits per heavy atom. The molecular weight excluding hydrogens is 1010 g/mol. The van der Waals surface area contributed by atoms with Crippen molar-refractivity contribution in [3.8, 4) is 57.4 Å². The first-order valence-corrected chi connectivity index (χ1v) is 25.8. The normalized spacial score (nSPS) is 13.8. The van der Waals surface area contributed by atoms with E-state index < -0.39 is 0 Å². The predicted molar refractivity (Wildman–Crippen MR) is 297 cm³/mol. The summed E-state index contributed by atoms with van der Waals surface area (Å²) in [6.07, 6.45) is 10.2. The van der Waals surface area contributed by atoms with E-state index in [1.165, 1.54) is 51.3 Å². The van der Waals surface area contributed by atoms with Crippen molar-refractivity contribution in [2.75, 3.05) is 26.3 Å². The van der Waals surface area contributed by atoms with Gasteiger partial charge in [0.05, 0.1) is 39.9 Å². The molecule has 2 aliphatic carbocycles. The van der Waals surface area contributed by atoms with Gasteiger partial charge in [0.2, 0.25) is 0 Å². The average molecular weight is 1070 g/mol. The van der Waals surface area contributed by atoms with Crippen LogP contribution in [0.2, 0.25) is 10.0 Å². The van der Waals surface area contributed by atoms with Gasteiger partial charge in [0.1, 0.15) is 60.6 Å². The van der Waals surface area contributed by atoms with Crippen molar-refractivity contribution in [1.82, 2.24) is 15.3 Å². The number of aldehydes is 1. The molecule has 0 bridgehead atoms. The molecule has 0 amide bonds. The molecule has 10 rings (SSSR count). The summed E-state index contributed by atoms with van der Waals surface area (Å²) in [5.74, 6) is 1.99. The Hall–Kier alpha value is -8.11. The molecule has 2 heterocycles. The van der Waals surface area contributed by atoms with Crippen molar-refractivity contribution in [2.45, 2.75) is 57.6 Å². The summed E-state index contributed by atoms with van der Waals surface area (Å²) >= 11 is 13.2. The summed E-state index contributed by atoms with van der Waals surface area (Å²) in [4.78, 5) is 19.8. The second-order valence-electron chi connectivity index (χ2n) is 18.0. The Morgan fingerprint density at radius 3 is 1.60 bits per heavy atom. The fourth-order valence-corrected chi connectivity index (χ4v) is 9.68. The molecule has 77 heavy (non-hydrogen) atoms. The second-order valence-corrected chi connectivity index (χ2v) is 18.8. The van der Waals surface area contributed by atoms with Crippen molar-refractivity contribution < 1.29 is 34.0 Å². The fraction of sp³-hybridized carbons (Fsp3) is 0.210. The lowest BCUT2D eigenvalue weighted by atomic mass is 9.97. The highest BCUT2D eigenvalue weighted by atomic mass is 35.5. The number of pyridine rings is 2. The number of halogens is 2. The van der Waals surface area contributed by atoms with Gasteiger partial charge in [-0.15, -0.1) is 0 Å². The van der Waals surface area contributed by atoms with Crippen LogP contribution in [0.3, 0.4) is 0 Å². The molecule has 0 spiro atoms. The second kappa shape index (κ2) is 27.6. The van der Waals surface area contributed by atoms with E-state index in [9.17, 15) is 15.2 Å². The van der Waals surface area contributed by atoms with E-state index in [1.807, 2.05) is 36.4 Å². The number of nitrogens with one attached hydrogen (secondary N) is 1. The summed E-state index contributed by atoms with van der Waals surface area (Å²) in [7, 11) is 0. The number of aromatic nitrogens is 2. The zero-order chi connectivity index (χ0) is 53.9. The zero-order valence-corrected chi connectivity index (χ0v) is 43.6. The molecule has 2 atom stereocenters. The van der Waals surface area contributed by atoms with E-state index in [1.54, 1.807) is 36.7 Å². The number of nitrogens with zero attached hydrogens (tertiary/aromatic N) is 4. The summed E-state index contributed by atoms with van der Waals surface area (Å²) in [5.41, 5.74) is 18.1. The van der Waals surface area contributed by atoms with Crippen LogP contribution < -0.4 is 30.0 Å². The molecule has 0 fully saturated rings. The van der Waals surface area contributed by atoms with Crippen LogP contribution in [0.15, 0.2) is 158 Å². The molecular formula is C62H56Cl2N6O7. The maximum Gasteiger partial charge on any atom is 0.153 e. The van der Waals surface area contributed by atoms with Crippen molar-refractivity contribution in [3.05, 3.63) is 224 Å². The van der Waals surface area contributed by atoms with Crippen LogP contribution in [0, 0.1) is 22.7 Å². The Kier molecular flexibility index (Phi) is 19.8. The maximum atomic E-state index is 11.6. The molecule has 5 N–H and O–H groups in total. The number of hydrogen-bond donors (Lipinski definition) is 4. The number of fused-ring (bicyclic) bond motifs is 2. The van der Waals surface area contributed by atoms with Crippen LogP contribution in [0.1, 0.15) is 85.5 Å². The predicted octanol–water partition coefficient (Wildman–Crippen LogP) is 11.7. The highest BCUT2D eigenvalue weighted by molar-refractivity contribution is 6.32. The smallest absolute Gasteiger partial charge is 0.153 e. The molecule has 0 radical (unpaired) electrons. The number of aliphatic hydroxyl groups excluding tert-OH is 2. The van der Waals surface area contributed by atoms with E-state index in [4.69, 9.17) is 58.3 Å². The third kappa shape index (κ3) is 14.2. The van der Waals surface area contributed by atoms with Gasteiger partial charge >= 0.3 is 0 Å². The molecule has 2 aromatic heterocycles. The van der Waals surface area contributed by atoms with Crippen molar-refractivity contribution in [2.24, 2.45) is 5.73 Å². The van der Waals surface area contributed by atoms with Crippen LogP contribution >= 0.6 is 23.2 Å². The number of benzene rings is 6. The van der Waals surface area contributed by atoms with E-state index in [-0.39, 0.29) is 38.6 Å². The van der Waals surface area contributed by atoms with Crippen LogP contribution in [0.4, 0.5) is 0 Å². The third-order valence-corrected chi connectivity index (χ3v) is 13.4. The number of carbonyl (C=O) groups excluding carboxylic acids is 1. The first-order valence-electron chi connectivity index (χ1n) is 25.1. The van der Waals surface area contributed by atoms with Gasteiger partial charge in [-0.2, -0.15) is 10.5 Å². The van der Waals surface area contributed by atoms with Gasteiger partial charge in [-0.05, 0) is 94.5 Å². The first kappa shape index (κ1) is 55.1. The van der Waals surface area contributed by atoms with Crippen LogP contribution in [0.5, 0.6) is 23.0 Å². The molecule has 2 unspecified atom stereocenters. The molecule has 13 nitrogen and oxygen atoms in total. The Bertz CT molecular complexity index is 3370. The van der Waals surface area contributed by atoms with Crippen molar-refractivity contribution >= 4 is 29.5 Å². The van der Waals surface area contributed by atoms with Crippen LogP contribution in [0.25, 0.3) is 22.3 Å². The molecule has 0 aliphatic heterocycles. The van der Waals surface area contributed by atoms with Gasteiger partial charge in [0.15, 0.2) is 6.29 Å². The highest BCUT2D eigenvalue weighted by Gasteiger charge is 2.29. The Labute approximate surface area is 458 Å². The standard InChI is InChI=1S/C31H28ClN3O3.C29H21ClN2O3.C2H7NO/c32-28-14-24(19-34-11-12-36)30(37-20-22-13-21(16-33)17-35-18-22)15-31(28)38-29-10-9-26-25(7-4-8-27(26)29)23-5-2-1-3-6-23;30-26-12-22(17-33)28(34-18-20-11-19(14-31)15-32-16-20)13-29(26)35-27-10-9-24-23(7-4-8-25(24)27)21-5-2-1-3-6-21;3-1-2-4/h1-8,13-15,17-18,29,34,36H,9-12,19-20H2;1-8,11-13,15-17,27H,9-10,18H2;4H,1-3H2. The number of nitriles is 2. The van der Waals surface area contributed by atoms with Crippen molar-refractivity contribution in [3.63, 3.8) is 0 Å². The number of nitrogens with two attached hydrogens (primary N) is 1. The SMILES string of the molecule is N#Cc1cncc(COc2cc(OC3CCc4c(-c5ccccc5)cccc43)c(Cl)cc2C=O)c1.N#Cc1cncc(COc2cc(OC3CCc4c(-c5ccccc5)cccc43)c(Cl)cc2CNCCO)c1.NCCO. The van der Waals surface area contributed by atoms with Crippen LogP contribution in [-0.4, -0.2) is 52.8 Å². The van der Waals surface area contributed by atoms with Gasteiger partial charge in [-0.25, -0.2) is 0 Å². The average Bonchev–Trinajstić information content (AvgIpc) is 4.13. The molecule has 0 saturated carbocycles. The van der Waals surface area contributed by atoms with Gasteiger partial charge in [0.25, 0.3) is 0 Å². The molecule has 15 heteroatoms. The van der Waals surface area contributed by atoms with E-state index in [0.717, 1.165) is 47.9 Å². The fourth-order valence-electron chi connectivity index (χ4n) is 9.24. The molecule has 390 valence electrons. The van der Waals surface area contributed by atoms with Crippen LogP contribution in [-0.2, 0) is 32.6 Å². The highest BCUT2D eigenvalue weighted by Crippen LogP contribution is 2.45. The minimum Gasteiger partial charge on any atom is -0.488 e. The molecule has 0 saturated heterocycles. The number of hydrogen-bond acceptors (Lipinski definition) is 13. The summed E-state index contributed by atoms with van der Waals surface area (Å²) in [5, 5.41) is 39.2. The number of carbonyl (C=O) groups is 1. The monoisotopic (exact) mass is 1070 g/mol. The zero-order valence-electron chi connectivity index (χ0n) is 42.1. The van der Waals surface area contributed by atoms with E-state index >= 15 is 0 Å². The van der Waals surface area contributed by atoms with E-state index in [0.29, 0.717) is 75.7 Å². The quantitative estimate of drug-likeness (QED) is 0.0467. The minimum absolute atomic E-state index is 0.0315. The topological polar surface area (TPSA) is 206 Å². The van der Waals surface area contributed by atoms with E-state index in [2.05, 4.69) is 100 Å². The third-order valence-electron chi connectivity index (χ3n) is 12.8. The Balaban J connectivity index is 0.000000191. The van der Waals surface area contributed by atoms with Gasteiger partial charge in [-0.1, -0.05) is 120 Å². The van der Waals surface area contributed by atoms with Gasteiger partial charge < -0.3 is 40.2 Å². The largest absolute Gasteiger partial charge is 0.488 e. The van der Waals surface area contributed by atoms with Gasteiger partial charge in [0, 0.05) is 73.2 Å². The molecule has 8 aromatic rings. The maximum absolute atomic E-state index is 11.6. The lowest BCUT2D eigenvalue weighted by Crippen LogP contribution is -2.18. The lowest BCUT2D eigenvalue weighted by molar-refractivity contribution is 0.111. The first-order chi connectivity index (χ1) is 37.7. The van der Waals surface area contributed by atoms with Crippen molar-refractivity contribution in [1.29, 1.82) is 10.5 Å². The lowest BCUT2D eigenvalue weighted by Gasteiger charge is -2.20. The molecule has 2 aliphatic rings. The summed E-state index contributed by atoms with van der Waals surface area (Å²) in [6.45, 7) is 1.81. The summed E-state index contributed by atoms with van der Waals surface area (Å²) in [6, 6.07) is 47.9. The number of ether oxygens (including phenoxy) is 4. The number of rotatable bonds is 18. The minimum atomic E-state index is -0.155.